The zero-order chi connectivity index (χ0) is 14.1. The normalized spacial score (nSPS) is 18.6. The number of nitrogens with one attached hydrogen (secondary N) is 1. The summed E-state index contributed by atoms with van der Waals surface area (Å²) in [4.78, 5) is 0. The van der Waals surface area contributed by atoms with E-state index in [1.54, 1.807) is 0 Å². The maximum absolute atomic E-state index is 4.62. The maximum Gasteiger partial charge on any atom is 0.0571 e. The van der Waals surface area contributed by atoms with E-state index in [1.807, 2.05) is 6.20 Å². The Morgan fingerprint density at radius 3 is 2.85 bits per heavy atom. The lowest BCUT2D eigenvalue weighted by Crippen LogP contribution is -2.16. The largest absolute Gasteiger partial charge is 0.316 e. The summed E-state index contributed by atoms with van der Waals surface area (Å²) in [5, 5.41) is 8.04. The first kappa shape index (κ1) is 13.4. The quantitative estimate of drug-likeness (QED) is 0.928. The van der Waals surface area contributed by atoms with Crippen molar-refractivity contribution in [1.29, 1.82) is 0 Å². The van der Waals surface area contributed by atoms with Crippen molar-refractivity contribution in [2.75, 3.05) is 13.1 Å². The molecule has 2 heterocycles. The first-order valence-electron chi connectivity index (χ1n) is 7.46. The smallest absolute Gasteiger partial charge is 0.0571 e. The monoisotopic (exact) mass is 269 g/mol. The van der Waals surface area contributed by atoms with Gasteiger partial charge < -0.3 is 5.32 Å². The number of benzene rings is 1. The van der Waals surface area contributed by atoms with Crippen LogP contribution in [0.4, 0.5) is 0 Å². The third-order valence-electron chi connectivity index (χ3n) is 4.38. The third-order valence-corrected chi connectivity index (χ3v) is 4.38. The molecule has 3 rings (SSSR count). The average molecular weight is 269 g/mol. The molecule has 20 heavy (non-hydrogen) atoms. The first-order valence-corrected chi connectivity index (χ1v) is 7.46. The Bertz CT molecular complexity index is 607. The van der Waals surface area contributed by atoms with Crippen LogP contribution >= 0.6 is 0 Å². The predicted octanol–water partition coefficient (Wildman–Crippen LogP) is 3.08. The summed E-state index contributed by atoms with van der Waals surface area (Å²) in [7, 11) is 0. The molecule has 2 aromatic rings. The summed E-state index contributed by atoms with van der Waals surface area (Å²) in [5.74, 6) is 0.722. The Kier molecular flexibility index (Phi) is 3.62. The molecule has 1 aliphatic heterocycles. The number of hydrogen-bond acceptors (Lipinski definition) is 2. The molecule has 1 aromatic heterocycles. The molecule has 0 bridgehead atoms. The van der Waals surface area contributed by atoms with Crippen LogP contribution in [0.2, 0.25) is 0 Å². The molecule has 1 N–H and O–H groups in total. The standard InChI is InChI=1S/C17H23N3/c1-12-4-5-13(2)16(8-12)17-10-19-20(14(17)3)11-15-6-7-18-9-15/h4-5,8,10,15,18H,6-7,9,11H2,1-3H3. The molecular formula is C17H23N3. The van der Waals surface area contributed by atoms with Crippen molar-refractivity contribution in [3.63, 3.8) is 0 Å². The third kappa shape index (κ3) is 2.50. The lowest BCUT2D eigenvalue weighted by atomic mass is 9.99. The van der Waals surface area contributed by atoms with Crippen LogP contribution in [0.3, 0.4) is 0 Å². The SMILES string of the molecule is Cc1ccc(C)c(-c2cnn(CC3CCNC3)c2C)c1. The van der Waals surface area contributed by atoms with Gasteiger partial charge in [-0.1, -0.05) is 23.8 Å². The van der Waals surface area contributed by atoms with E-state index in [2.05, 4.69) is 54.1 Å². The molecule has 0 spiro atoms. The second kappa shape index (κ2) is 5.41. The van der Waals surface area contributed by atoms with Crippen molar-refractivity contribution in [1.82, 2.24) is 15.1 Å². The zero-order valence-corrected chi connectivity index (χ0v) is 12.6. The van der Waals surface area contributed by atoms with Gasteiger partial charge in [0.25, 0.3) is 0 Å². The minimum absolute atomic E-state index is 0.722. The molecule has 3 heteroatoms. The Labute approximate surface area is 121 Å². The highest BCUT2D eigenvalue weighted by atomic mass is 15.3. The van der Waals surface area contributed by atoms with Crippen molar-refractivity contribution in [2.24, 2.45) is 5.92 Å². The maximum atomic E-state index is 4.62. The lowest BCUT2D eigenvalue weighted by molar-refractivity contribution is 0.443. The number of hydrogen-bond donors (Lipinski definition) is 1. The van der Waals surface area contributed by atoms with Crippen LogP contribution in [0, 0.1) is 26.7 Å². The van der Waals surface area contributed by atoms with Crippen LogP contribution < -0.4 is 5.32 Å². The van der Waals surface area contributed by atoms with E-state index in [0.29, 0.717) is 0 Å². The average Bonchev–Trinajstić information content (AvgIpc) is 3.05. The molecule has 1 aromatic carbocycles. The van der Waals surface area contributed by atoms with Crippen molar-refractivity contribution >= 4 is 0 Å². The summed E-state index contributed by atoms with van der Waals surface area (Å²) in [6.45, 7) is 9.81. The molecular weight excluding hydrogens is 246 g/mol. The van der Waals surface area contributed by atoms with E-state index in [9.17, 15) is 0 Å². The number of rotatable bonds is 3. The second-order valence-corrected chi connectivity index (χ2v) is 6.00. The Morgan fingerprint density at radius 2 is 2.10 bits per heavy atom. The fourth-order valence-corrected chi connectivity index (χ4v) is 3.04. The van der Waals surface area contributed by atoms with Gasteiger partial charge in [-0.05, 0) is 57.3 Å². The van der Waals surface area contributed by atoms with Gasteiger partial charge in [-0.3, -0.25) is 4.68 Å². The summed E-state index contributed by atoms with van der Waals surface area (Å²) in [6.07, 6.45) is 3.29. The van der Waals surface area contributed by atoms with Gasteiger partial charge in [0.05, 0.1) is 6.20 Å². The number of nitrogens with zero attached hydrogens (tertiary/aromatic N) is 2. The second-order valence-electron chi connectivity index (χ2n) is 6.00. The van der Waals surface area contributed by atoms with Gasteiger partial charge in [-0.25, -0.2) is 0 Å². The molecule has 106 valence electrons. The molecule has 3 nitrogen and oxygen atoms in total. The van der Waals surface area contributed by atoms with Crippen LogP contribution in [-0.4, -0.2) is 22.9 Å². The summed E-state index contributed by atoms with van der Waals surface area (Å²) in [6, 6.07) is 6.63. The van der Waals surface area contributed by atoms with Crippen LogP contribution in [-0.2, 0) is 6.54 Å². The Balaban J connectivity index is 1.91. The van der Waals surface area contributed by atoms with E-state index in [0.717, 1.165) is 25.6 Å². The van der Waals surface area contributed by atoms with Crippen LogP contribution in [0.25, 0.3) is 11.1 Å². The van der Waals surface area contributed by atoms with E-state index in [4.69, 9.17) is 0 Å². The van der Waals surface area contributed by atoms with E-state index < -0.39 is 0 Å². The molecule has 0 radical (unpaired) electrons. The molecule has 1 unspecified atom stereocenters. The molecule has 1 saturated heterocycles. The van der Waals surface area contributed by atoms with E-state index >= 15 is 0 Å². The van der Waals surface area contributed by atoms with Gasteiger partial charge in [0.1, 0.15) is 0 Å². The zero-order valence-electron chi connectivity index (χ0n) is 12.6. The van der Waals surface area contributed by atoms with Crippen molar-refractivity contribution in [2.45, 2.75) is 33.7 Å². The molecule has 1 atom stereocenters. The molecule has 1 aliphatic rings. The van der Waals surface area contributed by atoms with Gasteiger partial charge in [-0.15, -0.1) is 0 Å². The van der Waals surface area contributed by atoms with E-state index in [-0.39, 0.29) is 0 Å². The van der Waals surface area contributed by atoms with Gasteiger partial charge in [0, 0.05) is 17.8 Å². The van der Waals surface area contributed by atoms with E-state index in [1.165, 1.54) is 34.4 Å². The molecule has 0 amide bonds. The summed E-state index contributed by atoms with van der Waals surface area (Å²) < 4.78 is 2.18. The van der Waals surface area contributed by atoms with Gasteiger partial charge in [0.15, 0.2) is 0 Å². The van der Waals surface area contributed by atoms with Crippen molar-refractivity contribution in [3.8, 4) is 11.1 Å². The summed E-state index contributed by atoms with van der Waals surface area (Å²) >= 11 is 0. The minimum atomic E-state index is 0.722. The van der Waals surface area contributed by atoms with Crippen LogP contribution in [0.5, 0.6) is 0 Å². The number of aromatic nitrogens is 2. The topological polar surface area (TPSA) is 29.9 Å². The van der Waals surface area contributed by atoms with Crippen LogP contribution in [0.1, 0.15) is 23.2 Å². The summed E-state index contributed by atoms with van der Waals surface area (Å²) in [5.41, 5.74) is 6.50. The van der Waals surface area contributed by atoms with Gasteiger partial charge >= 0.3 is 0 Å². The highest BCUT2D eigenvalue weighted by Crippen LogP contribution is 2.28. The lowest BCUT2D eigenvalue weighted by Gasteiger charge is -2.11. The number of aryl methyl sites for hydroxylation is 2. The Hall–Kier alpha value is -1.61. The molecule has 1 fully saturated rings. The van der Waals surface area contributed by atoms with Gasteiger partial charge in [-0.2, -0.15) is 5.10 Å². The van der Waals surface area contributed by atoms with Crippen molar-refractivity contribution in [3.05, 3.63) is 41.2 Å². The highest BCUT2D eigenvalue weighted by molar-refractivity contribution is 5.69. The molecule has 0 aliphatic carbocycles. The van der Waals surface area contributed by atoms with Crippen LogP contribution in [0.15, 0.2) is 24.4 Å². The Morgan fingerprint density at radius 1 is 1.25 bits per heavy atom. The molecule has 0 saturated carbocycles. The fraction of sp³-hybridized carbons (Fsp3) is 0.471. The first-order chi connectivity index (χ1) is 9.65. The fourth-order valence-electron chi connectivity index (χ4n) is 3.04. The van der Waals surface area contributed by atoms with Crippen molar-refractivity contribution < 1.29 is 0 Å². The predicted molar refractivity (Wildman–Crippen MR) is 82.9 cm³/mol. The van der Waals surface area contributed by atoms with Gasteiger partial charge in [0.2, 0.25) is 0 Å². The highest BCUT2D eigenvalue weighted by Gasteiger charge is 2.18. The minimum Gasteiger partial charge on any atom is -0.316 e.